The van der Waals surface area contributed by atoms with E-state index < -0.39 is 14.9 Å². The average molecular weight is 299 g/mol. The number of nitrogens with one attached hydrogen (secondary N) is 1. The molecule has 20 heavy (non-hydrogen) atoms. The number of non-ortho nitro benzene ring substituents is 1. The Labute approximate surface area is 117 Å². The van der Waals surface area contributed by atoms with Crippen molar-refractivity contribution in [3.63, 3.8) is 0 Å². The Morgan fingerprint density at radius 1 is 1.35 bits per heavy atom. The summed E-state index contributed by atoms with van der Waals surface area (Å²) < 4.78 is 24.4. The molecule has 0 amide bonds. The number of hydrogen-bond acceptors (Lipinski definition) is 5. The molecule has 2 rings (SSSR count). The molecule has 1 fully saturated rings. The fourth-order valence-corrected chi connectivity index (χ4v) is 3.25. The molecule has 1 heterocycles. The molecule has 0 bridgehead atoms. The summed E-state index contributed by atoms with van der Waals surface area (Å²) in [4.78, 5) is 12.5. The quantitative estimate of drug-likeness (QED) is 0.672. The number of hydrogen-bond donors (Lipinski definition) is 1. The van der Waals surface area contributed by atoms with Gasteiger partial charge >= 0.3 is 0 Å². The SMILES string of the molecule is CC1CCN(NS(=O)(=O)c2cccc([N+](=O)[O-])c2)CC1. The van der Waals surface area contributed by atoms with Gasteiger partial charge in [0, 0.05) is 25.2 Å². The zero-order valence-corrected chi connectivity index (χ0v) is 12.0. The van der Waals surface area contributed by atoms with E-state index in [1.54, 1.807) is 5.01 Å². The van der Waals surface area contributed by atoms with E-state index in [0.717, 1.165) is 18.9 Å². The number of hydrazine groups is 1. The van der Waals surface area contributed by atoms with Crippen LogP contribution in [0.1, 0.15) is 19.8 Å². The van der Waals surface area contributed by atoms with E-state index in [9.17, 15) is 18.5 Å². The highest BCUT2D eigenvalue weighted by molar-refractivity contribution is 7.89. The van der Waals surface area contributed by atoms with Crippen LogP contribution in [0, 0.1) is 16.0 Å². The van der Waals surface area contributed by atoms with Gasteiger partial charge in [-0.05, 0) is 24.8 Å². The molecule has 0 atom stereocenters. The number of nitro benzene ring substituents is 1. The van der Waals surface area contributed by atoms with Gasteiger partial charge in [-0.2, -0.15) is 0 Å². The van der Waals surface area contributed by atoms with Crippen LogP contribution in [0.3, 0.4) is 0 Å². The number of piperidine rings is 1. The summed E-state index contributed by atoms with van der Waals surface area (Å²) in [6.45, 7) is 3.43. The molecule has 8 heteroatoms. The third kappa shape index (κ3) is 3.53. The van der Waals surface area contributed by atoms with Crippen molar-refractivity contribution in [1.82, 2.24) is 9.84 Å². The third-order valence-corrected chi connectivity index (χ3v) is 4.74. The highest BCUT2D eigenvalue weighted by Crippen LogP contribution is 2.19. The van der Waals surface area contributed by atoms with Gasteiger partial charge in [0.05, 0.1) is 9.82 Å². The van der Waals surface area contributed by atoms with Gasteiger partial charge in [0.1, 0.15) is 0 Å². The molecule has 110 valence electrons. The van der Waals surface area contributed by atoms with E-state index in [2.05, 4.69) is 11.8 Å². The smallest absolute Gasteiger partial charge is 0.258 e. The van der Waals surface area contributed by atoms with Crippen LogP contribution < -0.4 is 4.83 Å². The first-order valence-electron chi connectivity index (χ1n) is 6.40. The molecule has 0 aromatic heterocycles. The van der Waals surface area contributed by atoms with Crippen molar-refractivity contribution in [3.05, 3.63) is 34.4 Å². The molecular formula is C12H17N3O4S. The van der Waals surface area contributed by atoms with E-state index in [4.69, 9.17) is 0 Å². The number of sulfonamides is 1. The van der Waals surface area contributed by atoms with Crippen molar-refractivity contribution in [2.24, 2.45) is 5.92 Å². The van der Waals surface area contributed by atoms with Crippen LogP contribution in [0.25, 0.3) is 0 Å². The highest BCUT2D eigenvalue weighted by atomic mass is 32.2. The lowest BCUT2D eigenvalue weighted by Crippen LogP contribution is -2.46. The van der Waals surface area contributed by atoms with Crippen LogP contribution in [0.15, 0.2) is 29.2 Å². The first-order chi connectivity index (χ1) is 9.38. The van der Waals surface area contributed by atoms with E-state index in [1.807, 2.05) is 0 Å². The van der Waals surface area contributed by atoms with Gasteiger partial charge in [-0.25, -0.2) is 13.4 Å². The zero-order chi connectivity index (χ0) is 14.8. The Balaban J connectivity index is 2.14. The fraction of sp³-hybridized carbons (Fsp3) is 0.500. The van der Waals surface area contributed by atoms with Gasteiger partial charge in [0.2, 0.25) is 0 Å². The minimum absolute atomic E-state index is 0.0923. The normalized spacial score (nSPS) is 18.1. The molecule has 7 nitrogen and oxygen atoms in total. The van der Waals surface area contributed by atoms with Crippen molar-refractivity contribution in [2.75, 3.05) is 13.1 Å². The van der Waals surface area contributed by atoms with Gasteiger partial charge in [-0.1, -0.05) is 13.0 Å². The lowest BCUT2D eigenvalue weighted by Gasteiger charge is -2.29. The Morgan fingerprint density at radius 3 is 2.60 bits per heavy atom. The largest absolute Gasteiger partial charge is 0.270 e. The van der Waals surface area contributed by atoms with Gasteiger partial charge < -0.3 is 0 Å². The maximum atomic E-state index is 12.2. The third-order valence-electron chi connectivity index (χ3n) is 3.37. The predicted octanol–water partition coefficient (Wildman–Crippen LogP) is 1.52. The summed E-state index contributed by atoms with van der Waals surface area (Å²) in [6.07, 6.45) is 1.86. The van der Waals surface area contributed by atoms with E-state index >= 15 is 0 Å². The van der Waals surface area contributed by atoms with Crippen molar-refractivity contribution in [1.29, 1.82) is 0 Å². The maximum Gasteiger partial charge on any atom is 0.270 e. The van der Waals surface area contributed by atoms with Crippen LogP contribution >= 0.6 is 0 Å². The van der Waals surface area contributed by atoms with Crippen LogP contribution in [-0.2, 0) is 10.0 Å². The number of nitro groups is 1. The standard InChI is InChI=1S/C12H17N3O4S/c1-10-5-7-14(8-6-10)13-20(18,19)12-4-2-3-11(9-12)15(16)17/h2-4,9-10,13H,5-8H2,1H3. The lowest BCUT2D eigenvalue weighted by atomic mass is 10.0. The molecule has 1 aliphatic heterocycles. The van der Waals surface area contributed by atoms with Crippen LogP contribution in [0.5, 0.6) is 0 Å². The Bertz CT molecular complexity index is 594. The molecule has 1 aromatic carbocycles. The van der Waals surface area contributed by atoms with E-state index in [0.29, 0.717) is 19.0 Å². The average Bonchev–Trinajstić information content (AvgIpc) is 2.41. The van der Waals surface area contributed by atoms with Crippen LogP contribution in [-0.4, -0.2) is 31.4 Å². The first-order valence-corrected chi connectivity index (χ1v) is 7.88. The van der Waals surface area contributed by atoms with E-state index in [-0.39, 0.29) is 10.6 Å². The van der Waals surface area contributed by atoms with Crippen molar-refractivity contribution < 1.29 is 13.3 Å². The van der Waals surface area contributed by atoms with Crippen molar-refractivity contribution >= 4 is 15.7 Å². The van der Waals surface area contributed by atoms with Gasteiger partial charge in [-0.15, -0.1) is 4.83 Å². The molecular weight excluding hydrogens is 282 g/mol. The Morgan fingerprint density at radius 2 is 2.00 bits per heavy atom. The zero-order valence-electron chi connectivity index (χ0n) is 11.2. The van der Waals surface area contributed by atoms with Crippen molar-refractivity contribution in [3.8, 4) is 0 Å². The number of rotatable bonds is 4. The summed E-state index contributed by atoms with van der Waals surface area (Å²) >= 11 is 0. The van der Waals surface area contributed by atoms with Crippen LogP contribution in [0.4, 0.5) is 5.69 Å². The Hall–Kier alpha value is -1.51. The summed E-state index contributed by atoms with van der Waals surface area (Å²) in [5, 5.41) is 12.3. The van der Waals surface area contributed by atoms with E-state index in [1.165, 1.54) is 18.2 Å². The lowest BCUT2D eigenvalue weighted by molar-refractivity contribution is -0.385. The second-order valence-electron chi connectivity index (χ2n) is 5.02. The van der Waals surface area contributed by atoms with Gasteiger partial charge in [0.25, 0.3) is 15.7 Å². The van der Waals surface area contributed by atoms with Gasteiger partial charge in [-0.3, -0.25) is 10.1 Å². The Kier molecular flexibility index (Phi) is 4.36. The number of nitrogens with zero attached hydrogens (tertiary/aromatic N) is 2. The molecule has 1 N–H and O–H groups in total. The molecule has 1 aromatic rings. The molecule has 0 aliphatic carbocycles. The summed E-state index contributed by atoms with van der Waals surface area (Å²) in [5.74, 6) is 0.591. The molecule has 0 radical (unpaired) electrons. The predicted molar refractivity (Wildman–Crippen MR) is 73.4 cm³/mol. The molecule has 0 unspecified atom stereocenters. The van der Waals surface area contributed by atoms with Crippen LogP contribution in [0.2, 0.25) is 0 Å². The first kappa shape index (κ1) is 14.9. The topological polar surface area (TPSA) is 92.6 Å². The molecule has 0 spiro atoms. The second kappa shape index (κ2) is 5.86. The molecule has 1 aliphatic rings. The number of benzene rings is 1. The minimum Gasteiger partial charge on any atom is -0.258 e. The summed E-state index contributed by atoms with van der Waals surface area (Å²) in [6, 6.07) is 5.05. The minimum atomic E-state index is -3.76. The highest BCUT2D eigenvalue weighted by Gasteiger charge is 2.23. The molecule has 0 saturated carbocycles. The molecule has 1 saturated heterocycles. The summed E-state index contributed by atoms with van der Waals surface area (Å²) in [5.41, 5.74) is -0.236. The monoisotopic (exact) mass is 299 g/mol. The second-order valence-corrected chi connectivity index (χ2v) is 6.68. The maximum absolute atomic E-state index is 12.2. The van der Waals surface area contributed by atoms with Crippen molar-refractivity contribution in [2.45, 2.75) is 24.7 Å². The van der Waals surface area contributed by atoms with Gasteiger partial charge in [0.15, 0.2) is 0 Å². The summed E-state index contributed by atoms with van der Waals surface area (Å²) in [7, 11) is -3.76. The fourth-order valence-electron chi connectivity index (χ4n) is 2.09.